The highest BCUT2D eigenvalue weighted by Gasteiger charge is 2.21. The zero-order chi connectivity index (χ0) is 22.2. The van der Waals surface area contributed by atoms with Crippen molar-refractivity contribution in [3.8, 4) is 16.4 Å². The van der Waals surface area contributed by atoms with Gasteiger partial charge >= 0.3 is 0 Å². The molecule has 0 bridgehead atoms. The number of aromatic amines is 1. The van der Waals surface area contributed by atoms with Crippen molar-refractivity contribution < 1.29 is 0 Å². The summed E-state index contributed by atoms with van der Waals surface area (Å²) in [5, 5.41) is 4.78. The molecule has 32 heavy (non-hydrogen) atoms. The van der Waals surface area contributed by atoms with E-state index in [2.05, 4.69) is 15.1 Å². The first-order valence-electron chi connectivity index (χ1n) is 9.78. The van der Waals surface area contributed by atoms with Gasteiger partial charge in [0.25, 0.3) is 5.56 Å². The lowest BCUT2D eigenvalue weighted by Crippen LogP contribution is -2.19. The molecule has 1 N–H and O–H groups in total. The highest BCUT2D eigenvalue weighted by molar-refractivity contribution is 7.20. The molecule has 0 saturated heterocycles. The van der Waals surface area contributed by atoms with Crippen molar-refractivity contribution >= 4 is 56.2 Å². The van der Waals surface area contributed by atoms with Crippen LogP contribution in [0.25, 0.3) is 26.6 Å². The SMILES string of the molecule is CC(=Nc1cc(Cl)cc(Cl)c1)c1c(-c2ccccc2)[nH]n(-c2nc3ccccc3s2)c1=O. The lowest BCUT2D eigenvalue weighted by molar-refractivity contribution is 0.845. The Bertz CT molecular complexity index is 1480. The van der Waals surface area contributed by atoms with E-state index in [-0.39, 0.29) is 5.56 Å². The third kappa shape index (κ3) is 3.88. The van der Waals surface area contributed by atoms with Gasteiger partial charge in [0.2, 0.25) is 5.13 Å². The van der Waals surface area contributed by atoms with Crippen LogP contribution in [0, 0.1) is 0 Å². The largest absolute Gasteiger partial charge is 0.288 e. The van der Waals surface area contributed by atoms with Gasteiger partial charge in [-0.15, -0.1) is 0 Å². The number of nitrogens with one attached hydrogen (secondary N) is 1. The normalized spacial score (nSPS) is 11.9. The van der Waals surface area contributed by atoms with E-state index in [1.54, 1.807) is 25.1 Å². The summed E-state index contributed by atoms with van der Waals surface area (Å²) < 4.78 is 2.48. The summed E-state index contributed by atoms with van der Waals surface area (Å²) >= 11 is 13.7. The molecular weight excluding hydrogens is 463 g/mol. The fourth-order valence-corrected chi connectivity index (χ4v) is 4.97. The second kappa shape index (κ2) is 8.39. The van der Waals surface area contributed by atoms with E-state index in [0.29, 0.717) is 37.8 Å². The summed E-state index contributed by atoms with van der Waals surface area (Å²) in [5.74, 6) is 0. The smallest absolute Gasteiger partial charge is 0.283 e. The van der Waals surface area contributed by atoms with Crippen LogP contribution in [0.1, 0.15) is 12.5 Å². The van der Waals surface area contributed by atoms with E-state index in [1.807, 2.05) is 54.6 Å². The van der Waals surface area contributed by atoms with E-state index in [1.165, 1.54) is 16.0 Å². The van der Waals surface area contributed by atoms with Crippen LogP contribution in [0.5, 0.6) is 0 Å². The molecule has 0 aliphatic carbocycles. The maximum atomic E-state index is 13.6. The Balaban J connectivity index is 1.72. The number of aromatic nitrogens is 3. The van der Waals surface area contributed by atoms with Crippen LogP contribution in [0.4, 0.5) is 5.69 Å². The van der Waals surface area contributed by atoms with Gasteiger partial charge in [-0.05, 0) is 37.3 Å². The highest BCUT2D eigenvalue weighted by atomic mass is 35.5. The van der Waals surface area contributed by atoms with Gasteiger partial charge in [0, 0.05) is 15.6 Å². The summed E-state index contributed by atoms with van der Waals surface area (Å²) in [4.78, 5) is 22.9. The lowest BCUT2D eigenvalue weighted by atomic mass is 10.1. The van der Waals surface area contributed by atoms with Crippen LogP contribution in [0.2, 0.25) is 10.0 Å². The number of nitrogens with zero attached hydrogens (tertiary/aromatic N) is 3. The quantitative estimate of drug-likeness (QED) is 0.285. The van der Waals surface area contributed by atoms with Crippen molar-refractivity contribution in [3.63, 3.8) is 0 Å². The molecule has 5 nitrogen and oxygen atoms in total. The van der Waals surface area contributed by atoms with Gasteiger partial charge in [0.1, 0.15) is 0 Å². The van der Waals surface area contributed by atoms with Gasteiger partial charge in [-0.2, -0.15) is 4.68 Å². The van der Waals surface area contributed by atoms with Crippen LogP contribution < -0.4 is 5.56 Å². The number of H-pyrrole nitrogens is 1. The average molecular weight is 479 g/mol. The maximum Gasteiger partial charge on any atom is 0.283 e. The standard InChI is InChI=1S/C24H16Cl2N4OS/c1-14(27-18-12-16(25)11-17(26)13-18)21-22(15-7-3-2-4-8-15)29-30(23(21)31)24-28-19-9-5-6-10-20(19)32-24/h2-13,29H,1H3. The third-order valence-corrected chi connectivity index (χ3v) is 6.39. The highest BCUT2D eigenvalue weighted by Crippen LogP contribution is 2.28. The first-order chi connectivity index (χ1) is 15.5. The molecule has 2 aromatic heterocycles. The molecule has 8 heteroatoms. The molecule has 0 radical (unpaired) electrons. The molecule has 5 rings (SSSR count). The predicted molar refractivity (Wildman–Crippen MR) is 133 cm³/mol. The summed E-state index contributed by atoms with van der Waals surface area (Å²) in [5.41, 5.74) is 3.75. The van der Waals surface area contributed by atoms with Crippen LogP contribution in [0.3, 0.4) is 0 Å². The molecule has 0 saturated carbocycles. The van der Waals surface area contributed by atoms with Gasteiger partial charge in [-0.25, -0.2) is 4.98 Å². The molecule has 158 valence electrons. The molecule has 0 aliphatic heterocycles. The topological polar surface area (TPSA) is 63.0 Å². The van der Waals surface area contributed by atoms with E-state index in [4.69, 9.17) is 23.2 Å². The molecule has 3 aromatic carbocycles. The first kappa shape index (κ1) is 20.7. The molecule has 2 heterocycles. The van der Waals surface area contributed by atoms with Crippen molar-refractivity contribution in [2.24, 2.45) is 4.99 Å². The molecule has 0 amide bonds. The molecule has 0 fully saturated rings. The average Bonchev–Trinajstić information content (AvgIpc) is 3.34. The Morgan fingerprint density at radius 3 is 2.41 bits per heavy atom. The van der Waals surface area contributed by atoms with E-state index < -0.39 is 0 Å². The molecule has 5 aromatic rings. The monoisotopic (exact) mass is 478 g/mol. The number of halogens is 2. The van der Waals surface area contributed by atoms with Crippen molar-refractivity contribution in [2.75, 3.05) is 0 Å². The number of thiazole rings is 1. The number of fused-ring (bicyclic) bond motifs is 1. The summed E-state index contributed by atoms with van der Waals surface area (Å²) in [6, 6.07) is 22.5. The maximum absolute atomic E-state index is 13.6. The minimum absolute atomic E-state index is 0.225. The van der Waals surface area contributed by atoms with Gasteiger partial charge < -0.3 is 0 Å². The third-order valence-electron chi connectivity index (χ3n) is 4.93. The number of hydrogen-bond donors (Lipinski definition) is 1. The molecule has 0 unspecified atom stereocenters. The van der Waals surface area contributed by atoms with Crippen molar-refractivity contribution in [1.82, 2.24) is 14.8 Å². The van der Waals surface area contributed by atoms with E-state index >= 15 is 0 Å². The molecule has 0 atom stereocenters. The Morgan fingerprint density at radius 2 is 1.69 bits per heavy atom. The zero-order valence-electron chi connectivity index (χ0n) is 16.8. The summed E-state index contributed by atoms with van der Waals surface area (Å²) in [7, 11) is 0. The first-order valence-corrected chi connectivity index (χ1v) is 11.3. The summed E-state index contributed by atoms with van der Waals surface area (Å²) in [6.45, 7) is 1.80. The van der Waals surface area contributed by atoms with E-state index in [9.17, 15) is 4.79 Å². The van der Waals surface area contributed by atoms with Gasteiger partial charge in [0.15, 0.2) is 0 Å². The Hall–Kier alpha value is -3.19. The number of para-hydroxylation sites is 1. The number of hydrogen-bond acceptors (Lipinski definition) is 4. The minimum atomic E-state index is -0.225. The second-order valence-electron chi connectivity index (χ2n) is 7.16. The Morgan fingerprint density at radius 1 is 1.00 bits per heavy atom. The Kier molecular flexibility index (Phi) is 5.43. The summed E-state index contributed by atoms with van der Waals surface area (Å²) in [6.07, 6.45) is 0. The fraction of sp³-hybridized carbons (Fsp3) is 0.0417. The van der Waals surface area contributed by atoms with Crippen LogP contribution >= 0.6 is 34.5 Å². The van der Waals surface area contributed by atoms with Crippen molar-refractivity contribution in [1.29, 1.82) is 0 Å². The van der Waals surface area contributed by atoms with Crippen LogP contribution in [-0.4, -0.2) is 20.5 Å². The van der Waals surface area contributed by atoms with Crippen LogP contribution in [-0.2, 0) is 0 Å². The van der Waals surface area contributed by atoms with Crippen LogP contribution in [0.15, 0.2) is 82.6 Å². The zero-order valence-corrected chi connectivity index (χ0v) is 19.2. The lowest BCUT2D eigenvalue weighted by Gasteiger charge is -2.03. The molecular formula is C24H16Cl2N4OS. The van der Waals surface area contributed by atoms with E-state index in [0.717, 1.165) is 15.8 Å². The van der Waals surface area contributed by atoms with Gasteiger partial charge in [0.05, 0.1) is 32.9 Å². The Labute approximate surface area is 197 Å². The van der Waals surface area contributed by atoms with Gasteiger partial charge in [-0.1, -0.05) is 77.0 Å². The molecule has 0 spiro atoms. The minimum Gasteiger partial charge on any atom is -0.288 e. The van der Waals surface area contributed by atoms with Crippen molar-refractivity contribution in [2.45, 2.75) is 6.92 Å². The molecule has 0 aliphatic rings. The second-order valence-corrected chi connectivity index (χ2v) is 9.04. The van der Waals surface area contributed by atoms with Gasteiger partial charge in [-0.3, -0.25) is 14.9 Å². The number of benzene rings is 3. The number of aliphatic imine (C=N–C) groups is 1. The fourth-order valence-electron chi connectivity index (χ4n) is 3.53. The number of rotatable bonds is 4. The predicted octanol–water partition coefficient (Wildman–Crippen LogP) is 6.89. The van der Waals surface area contributed by atoms with Crippen molar-refractivity contribution in [3.05, 3.63) is 98.8 Å².